The third kappa shape index (κ3) is 2.83. The van der Waals surface area contributed by atoms with E-state index in [0.29, 0.717) is 5.92 Å². The number of hydrogen-bond donors (Lipinski definition) is 1. The normalized spacial score (nSPS) is 18.6. The largest absolute Gasteiger partial charge is 0.349 e. The number of carbonyl (C=O) groups excluding carboxylic acids is 1. The Labute approximate surface area is 100 Å². The van der Waals surface area contributed by atoms with Gasteiger partial charge in [0.15, 0.2) is 13.1 Å². The van der Waals surface area contributed by atoms with Gasteiger partial charge in [0, 0.05) is 18.0 Å². The Hall–Kier alpha value is -0.875. The van der Waals surface area contributed by atoms with Crippen LogP contribution in [0.25, 0.3) is 0 Å². The molecule has 2 rings (SSSR count). The van der Waals surface area contributed by atoms with Crippen LogP contribution in [0.4, 0.5) is 5.13 Å². The molecule has 0 spiro atoms. The van der Waals surface area contributed by atoms with Crippen molar-refractivity contribution in [2.24, 2.45) is 0 Å². The van der Waals surface area contributed by atoms with E-state index >= 15 is 0 Å². The van der Waals surface area contributed by atoms with E-state index in [1.165, 1.54) is 24.6 Å². The third-order valence-electron chi connectivity index (χ3n) is 2.93. The van der Waals surface area contributed by atoms with Gasteiger partial charge in [-0.2, -0.15) is 0 Å². The first-order valence-electron chi connectivity index (χ1n) is 5.57. The highest BCUT2D eigenvalue weighted by atomic mass is 32.1. The maximum Gasteiger partial charge on any atom is 0.223 e. The fourth-order valence-electron chi connectivity index (χ4n) is 1.98. The van der Waals surface area contributed by atoms with Gasteiger partial charge < -0.3 is 10.1 Å². The van der Waals surface area contributed by atoms with Crippen LogP contribution in [0.1, 0.15) is 30.6 Å². The molecule has 1 aliphatic heterocycles. The molecule has 1 aromatic heterocycles. The van der Waals surface area contributed by atoms with Crippen LogP contribution >= 0.6 is 11.3 Å². The molecule has 0 aliphatic carbocycles. The van der Waals surface area contributed by atoms with Gasteiger partial charge in [0.2, 0.25) is 5.91 Å². The van der Waals surface area contributed by atoms with E-state index in [0.717, 1.165) is 18.2 Å². The molecule has 1 aliphatic rings. The smallest absolute Gasteiger partial charge is 0.223 e. The summed E-state index contributed by atoms with van der Waals surface area (Å²) in [6, 6.07) is 0. The zero-order chi connectivity index (χ0) is 11.5. The summed E-state index contributed by atoms with van der Waals surface area (Å²) < 4.78 is 0. The number of piperidine rings is 1. The second-order valence-corrected chi connectivity index (χ2v) is 5.39. The van der Waals surface area contributed by atoms with Crippen molar-refractivity contribution < 1.29 is 4.79 Å². The second kappa shape index (κ2) is 4.97. The topological polar surface area (TPSA) is 45.2 Å². The van der Waals surface area contributed by atoms with Gasteiger partial charge in [-0.1, -0.05) is 0 Å². The van der Waals surface area contributed by atoms with E-state index < -0.39 is 0 Å². The molecular weight excluding hydrogens is 221 g/mol. The Morgan fingerprint density at radius 3 is 2.94 bits per heavy atom. The summed E-state index contributed by atoms with van der Waals surface area (Å²) in [6.45, 7) is 3.81. The molecule has 1 N–H and O–H groups in total. The molecule has 0 unspecified atom stereocenters. The van der Waals surface area contributed by atoms with Crippen LogP contribution in [0.3, 0.4) is 0 Å². The quantitative estimate of drug-likeness (QED) is 0.775. The number of amides is 1. The van der Waals surface area contributed by atoms with Crippen molar-refractivity contribution in [2.45, 2.75) is 25.7 Å². The lowest BCUT2D eigenvalue weighted by atomic mass is 9.94. The second-order valence-electron chi connectivity index (χ2n) is 4.33. The standard InChI is InChI=1S/C10H16BN3OS/c1-7(15)13-10-12-6-9(16-10)8-2-4-14(11)5-3-8/h6,8H,2-5,11H2,1H3,(H,12,13,15). The van der Waals surface area contributed by atoms with Crippen LogP contribution in [0, 0.1) is 0 Å². The van der Waals surface area contributed by atoms with E-state index in [-0.39, 0.29) is 5.91 Å². The highest BCUT2D eigenvalue weighted by Crippen LogP contribution is 2.32. The van der Waals surface area contributed by atoms with Gasteiger partial charge in [-0.05, 0) is 31.8 Å². The third-order valence-corrected chi connectivity index (χ3v) is 4.00. The number of carbonyl (C=O) groups is 1. The van der Waals surface area contributed by atoms with E-state index in [4.69, 9.17) is 0 Å². The van der Waals surface area contributed by atoms with Gasteiger partial charge in [0.05, 0.1) is 0 Å². The lowest BCUT2D eigenvalue weighted by Gasteiger charge is -2.28. The number of nitrogens with zero attached hydrogens (tertiary/aromatic N) is 2. The van der Waals surface area contributed by atoms with Crippen molar-refractivity contribution in [3.8, 4) is 0 Å². The predicted molar refractivity (Wildman–Crippen MR) is 68.5 cm³/mol. The van der Waals surface area contributed by atoms with Crippen molar-refractivity contribution in [2.75, 3.05) is 18.4 Å². The van der Waals surface area contributed by atoms with Gasteiger partial charge in [0.25, 0.3) is 0 Å². The first kappa shape index (κ1) is 11.6. The van der Waals surface area contributed by atoms with Crippen LogP contribution in [0.15, 0.2) is 6.20 Å². The lowest BCUT2D eigenvalue weighted by Crippen LogP contribution is -2.30. The molecule has 1 amide bonds. The maximum atomic E-state index is 10.9. The number of hydrogen-bond acceptors (Lipinski definition) is 4. The number of anilines is 1. The lowest BCUT2D eigenvalue weighted by molar-refractivity contribution is -0.114. The molecule has 1 saturated heterocycles. The molecule has 0 aromatic carbocycles. The highest BCUT2D eigenvalue weighted by Gasteiger charge is 2.20. The Morgan fingerprint density at radius 1 is 1.62 bits per heavy atom. The molecule has 86 valence electrons. The van der Waals surface area contributed by atoms with Crippen molar-refractivity contribution >= 4 is 30.4 Å². The molecule has 0 radical (unpaired) electrons. The van der Waals surface area contributed by atoms with Gasteiger partial charge in [0.1, 0.15) is 0 Å². The van der Waals surface area contributed by atoms with Crippen LogP contribution in [-0.4, -0.2) is 36.8 Å². The van der Waals surface area contributed by atoms with Crippen molar-refractivity contribution in [1.82, 2.24) is 9.79 Å². The maximum absolute atomic E-state index is 10.9. The highest BCUT2D eigenvalue weighted by molar-refractivity contribution is 7.15. The molecule has 1 fully saturated rings. The van der Waals surface area contributed by atoms with Crippen LogP contribution in [0.2, 0.25) is 0 Å². The minimum atomic E-state index is -0.0516. The molecule has 0 bridgehead atoms. The minimum absolute atomic E-state index is 0.0516. The zero-order valence-corrected chi connectivity index (χ0v) is 10.5. The number of thiazole rings is 1. The molecule has 1 aromatic rings. The molecule has 4 nitrogen and oxygen atoms in total. The van der Waals surface area contributed by atoms with Gasteiger partial charge in [-0.3, -0.25) is 4.79 Å². The SMILES string of the molecule is BN1CCC(c2cnc(NC(C)=O)s2)CC1. The fraction of sp³-hybridized carbons (Fsp3) is 0.600. The van der Waals surface area contributed by atoms with Crippen LogP contribution < -0.4 is 5.32 Å². The summed E-state index contributed by atoms with van der Waals surface area (Å²) in [5.41, 5.74) is 0. The van der Waals surface area contributed by atoms with Gasteiger partial charge in [-0.25, -0.2) is 4.98 Å². The van der Waals surface area contributed by atoms with Crippen LogP contribution in [-0.2, 0) is 4.79 Å². The predicted octanol–water partition coefficient (Wildman–Crippen LogP) is 0.829. The summed E-state index contributed by atoms with van der Waals surface area (Å²) in [5, 5.41) is 3.45. The van der Waals surface area contributed by atoms with E-state index in [1.807, 2.05) is 6.20 Å². The zero-order valence-electron chi connectivity index (χ0n) is 9.69. The Bertz CT molecular complexity index is 374. The summed E-state index contributed by atoms with van der Waals surface area (Å²) in [7, 11) is 2.16. The Kier molecular flexibility index (Phi) is 3.61. The molecule has 0 atom stereocenters. The van der Waals surface area contributed by atoms with E-state index in [1.54, 1.807) is 11.3 Å². The first-order valence-corrected chi connectivity index (χ1v) is 6.38. The van der Waals surface area contributed by atoms with Crippen molar-refractivity contribution in [1.29, 1.82) is 0 Å². The van der Waals surface area contributed by atoms with Crippen molar-refractivity contribution in [3.63, 3.8) is 0 Å². The van der Waals surface area contributed by atoms with Gasteiger partial charge >= 0.3 is 0 Å². The van der Waals surface area contributed by atoms with E-state index in [9.17, 15) is 4.79 Å². The average molecular weight is 237 g/mol. The fourth-order valence-corrected chi connectivity index (χ4v) is 3.01. The molecule has 16 heavy (non-hydrogen) atoms. The van der Waals surface area contributed by atoms with Crippen LogP contribution in [0.5, 0.6) is 0 Å². The summed E-state index contributed by atoms with van der Waals surface area (Å²) in [6.07, 6.45) is 4.29. The van der Waals surface area contributed by atoms with E-state index in [2.05, 4.69) is 23.1 Å². The molecular formula is C10H16BN3OS. The van der Waals surface area contributed by atoms with Crippen molar-refractivity contribution in [3.05, 3.63) is 11.1 Å². The molecule has 2 heterocycles. The number of rotatable bonds is 2. The molecule has 0 saturated carbocycles. The summed E-state index contributed by atoms with van der Waals surface area (Å²) in [5.74, 6) is 0.570. The Balaban J connectivity index is 1.99. The average Bonchev–Trinajstić information content (AvgIpc) is 2.66. The number of aromatic nitrogens is 1. The summed E-state index contributed by atoms with van der Waals surface area (Å²) >= 11 is 1.61. The number of nitrogens with one attached hydrogen (secondary N) is 1. The summed E-state index contributed by atoms with van der Waals surface area (Å²) in [4.78, 5) is 18.8. The molecule has 6 heteroatoms. The minimum Gasteiger partial charge on any atom is -0.349 e. The van der Waals surface area contributed by atoms with Gasteiger partial charge in [-0.15, -0.1) is 11.3 Å². The monoisotopic (exact) mass is 237 g/mol. The Morgan fingerprint density at radius 2 is 2.31 bits per heavy atom. The first-order chi connectivity index (χ1) is 7.65.